The summed E-state index contributed by atoms with van der Waals surface area (Å²) in [4.78, 5) is 37.5. The van der Waals surface area contributed by atoms with Crippen LogP contribution in [-0.4, -0.2) is 55.6 Å². The van der Waals surface area contributed by atoms with Crippen molar-refractivity contribution in [1.82, 2.24) is 15.5 Å². The number of rotatable bonds is 7. The van der Waals surface area contributed by atoms with Gasteiger partial charge in [-0.1, -0.05) is 0 Å². The molecule has 1 aromatic carbocycles. The molecule has 3 amide bonds. The minimum absolute atomic E-state index is 0.000408. The van der Waals surface area contributed by atoms with Crippen molar-refractivity contribution in [2.75, 3.05) is 32.1 Å². The number of hydrogen-bond donors (Lipinski definition) is 3. The van der Waals surface area contributed by atoms with Crippen LogP contribution in [0.2, 0.25) is 0 Å². The van der Waals surface area contributed by atoms with Crippen molar-refractivity contribution in [3.63, 3.8) is 0 Å². The van der Waals surface area contributed by atoms with Crippen LogP contribution in [0.3, 0.4) is 0 Å². The molecule has 1 aliphatic heterocycles. The fraction of sp³-hybridized carbons (Fsp3) is 0.389. The van der Waals surface area contributed by atoms with Gasteiger partial charge >= 0.3 is 12.0 Å². The molecule has 11 heteroatoms. The van der Waals surface area contributed by atoms with Crippen molar-refractivity contribution in [1.29, 1.82) is 0 Å². The quantitative estimate of drug-likeness (QED) is 0.464. The lowest BCUT2D eigenvalue weighted by atomic mass is 10.0. The van der Waals surface area contributed by atoms with E-state index in [9.17, 15) is 27.6 Å². The van der Waals surface area contributed by atoms with E-state index in [0.717, 1.165) is 6.07 Å². The molecule has 0 aliphatic carbocycles. The molecule has 29 heavy (non-hydrogen) atoms. The zero-order chi connectivity index (χ0) is 21.7. The van der Waals surface area contributed by atoms with E-state index in [1.54, 1.807) is 13.8 Å². The van der Waals surface area contributed by atoms with Gasteiger partial charge in [-0.05, 0) is 33.0 Å². The summed E-state index contributed by atoms with van der Waals surface area (Å²) in [6.45, 7) is 3.12. The van der Waals surface area contributed by atoms with Crippen LogP contribution in [0.4, 0.5) is 23.7 Å². The number of anilines is 1. The number of hydrogen-bond acceptors (Lipinski definition) is 5. The van der Waals surface area contributed by atoms with Gasteiger partial charge in [0.2, 0.25) is 5.91 Å². The van der Waals surface area contributed by atoms with Crippen LogP contribution in [-0.2, 0) is 14.3 Å². The molecule has 0 spiro atoms. The van der Waals surface area contributed by atoms with Crippen molar-refractivity contribution >= 4 is 23.6 Å². The molecule has 0 saturated heterocycles. The maximum absolute atomic E-state index is 13.7. The third kappa shape index (κ3) is 5.47. The molecule has 1 heterocycles. The van der Waals surface area contributed by atoms with Crippen LogP contribution in [0, 0.1) is 17.5 Å². The smallest absolute Gasteiger partial charge is 0.337 e. The lowest BCUT2D eigenvalue weighted by Gasteiger charge is -2.28. The summed E-state index contributed by atoms with van der Waals surface area (Å²) in [5, 5.41) is 7.21. The van der Waals surface area contributed by atoms with E-state index < -0.39 is 47.1 Å². The number of nitrogens with one attached hydrogen (secondary N) is 3. The fourth-order valence-electron chi connectivity index (χ4n) is 2.79. The Morgan fingerprint density at radius 3 is 2.59 bits per heavy atom. The van der Waals surface area contributed by atoms with Crippen molar-refractivity contribution in [3.05, 3.63) is 40.9 Å². The summed E-state index contributed by atoms with van der Waals surface area (Å²) >= 11 is 0. The monoisotopic (exact) mass is 414 g/mol. The predicted octanol–water partition coefficient (Wildman–Crippen LogP) is 1.49. The van der Waals surface area contributed by atoms with E-state index in [-0.39, 0.29) is 31.0 Å². The zero-order valence-corrected chi connectivity index (χ0v) is 16.1. The first-order valence-electron chi connectivity index (χ1n) is 8.73. The fourth-order valence-corrected chi connectivity index (χ4v) is 2.79. The third-order valence-electron chi connectivity index (χ3n) is 4.02. The van der Waals surface area contributed by atoms with Crippen molar-refractivity contribution < 1.29 is 32.3 Å². The summed E-state index contributed by atoms with van der Waals surface area (Å²) in [6, 6.07) is 0.487. The highest BCUT2D eigenvalue weighted by atomic mass is 19.2. The van der Waals surface area contributed by atoms with E-state index in [0.29, 0.717) is 6.07 Å². The molecule has 0 bridgehead atoms. The minimum atomic E-state index is -1.69. The number of carbonyl (C=O) groups excluding carboxylic acids is 3. The summed E-state index contributed by atoms with van der Waals surface area (Å²) in [6.07, 6.45) is 0. The average Bonchev–Trinajstić information content (AvgIpc) is 2.61. The van der Waals surface area contributed by atoms with Gasteiger partial charge in [0.25, 0.3) is 0 Å². The number of nitrogens with zero attached hydrogens (tertiary/aromatic N) is 1. The highest BCUT2D eigenvalue weighted by molar-refractivity contribution is 5.95. The van der Waals surface area contributed by atoms with Crippen LogP contribution in [0.1, 0.15) is 13.8 Å². The second-order valence-electron chi connectivity index (χ2n) is 6.38. The lowest BCUT2D eigenvalue weighted by Crippen LogP contribution is -2.51. The Hall–Kier alpha value is -3.08. The molecular formula is C18H21F3N4O4. The van der Waals surface area contributed by atoms with Gasteiger partial charge in [-0.15, -0.1) is 0 Å². The molecule has 3 N–H and O–H groups in total. The first kappa shape index (κ1) is 22.2. The molecule has 8 nitrogen and oxygen atoms in total. The number of esters is 1. The summed E-state index contributed by atoms with van der Waals surface area (Å²) < 4.78 is 44.9. The van der Waals surface area contributed by atoms with Gasteiger partial charge < -0.3 is 20.7 Å². The van der Waals surface area contributed by atoms with Gasteiger partial charge in [-0.3, -0.25) is 9.69 Å². The Balaban J connectivity index is 2.09. The molecule has 0 fully saturated rings. The van der Waals surface area contributed by atoms with Crippen LogP contribution in [0.15, 0.2) is 23.4 Å². The average molecular weight is 414 g/mol. The van der Waals surface area contributed by atoms with Gasteiger partial charge in [0.05, 0.1) is 30.5 Å². The number of ether oxygens (including phenoxy) is 1. The number of urea groups is 1. The SMILES string of the molecule is CCOC(=O)C1=C(CN(C)CC(=O)Nc2ccc(F)c(F)c2F)NC(=O)N[C@H]1C. The van der Waals surface area contributed by atoms with Crippen LogP contribution >= 0.6 is 0 Å². The van der Waals surface area contributed by atoms with E-state index >= 15 is 0 Å². The molecule has 1 atom stereocenters. The third-order valence-corrected chi connectivity index (χ3v) is 4.02. The van der Waals surface area contributed by atoms with Crippen LogP contribution < -0.4 is 16.0 Å². The second kappa shape index (κ2) is 9.41. The van der Waals surface area contributed by atoms with Crippen molar-refractivity contribution in [3.8, 4) is 0 Å². The molecule has 158 valence electrons. The summed E-state index contributed by atoms with van der Waals surface area (Å²) in [5.74, 6) is -5.88. The van der Waals surface area contributed by atoms with Crippen molar-refractivity contribution in [2.24, 2.45) is 0 Å². The number of amides is 3. The standard InChI is InChI=1S/C18H21F3N4O4/c1-4-29-17(27)14-9(2)22-18(28)24-12(14)7-25(3)8-13(26)23-11-6-5-10(19)15(20)16(11)21/h5-6,9H,4,7-8H2,1-3H3,(H,23,26)(H2,22,24,28)/t9-/m0/s1. The van der Waals surface area contributed by atoms with Crippen LogP contribution in [0.5, 0.6) is 0 Å². The number of carbonyl (C=O) groups is 3. The van der Waals surface area contributed by atoms with E-state index in [4.69, 9.17) is 4.74 Å². The predicted molar refractivity (Wildman–Crippen MR) is 97.2 cm³/mol. The highest BCUT2D eigenvalue weighted by Gasteiger charge is 2.30. The Morgan fingerprint density at radius 2 is 1.93 bits per heavy atom. The molecule has 0 saturated carbocycles. The van der Waals surface area contributed by atoms with Crippen LogP contribution in [0.25, 0.3) is 0 Å². The molecule has 0 unspecified atom stereocenters. The lowest BCUT2D eigenvalue weighted by molar-refractivity contribution is -0.139. The van der Waals surface area contributed by atoms with Crippen molar-refractivity contribution in [2.45, 2.75) is 19.9 Å². The summed E-state index contributed by atoms with van der Waals surface area (Å²) in [5.41, 5.74) is -0.0307. The van der Waals surface area contributed by atoms with E-state index in [1.165, 1.54) is 11.9 Å². The number of benzene rings is 1. The molecular weight excluding hydrogens is 393 g/mol. The number of likely N-dealkylation sites (N-methyl/N-ethyl adjacent to an activating group) is 1. The van der Waals surface area contributed by atoms with Gasteiger partial charge in [-0.2, -0.15) is 0 Å². The Kier molecular flexibility index (Phi) is 7.21. The molecule has 0 aromatic heterocycles. The van der Waals surface area contributed by atoms with Gasteiger partial charge in [-0.25, -0.2) is 22.8 Å². The molecule has 1 aliphatic rings. The minimum Gasteiger partial charge on any atom is -0.463 e. The van der Waals surface area contributed by atoms with Gasteiger partial charge in [0.1, 0.15) is 0 Å². The first-order chi connectivity index (χ1) is 13.6. The second-order valence-corrected chi connectivity index (χ2v) is 6.38. The molecule has 1 aromatic rings. The van der Waals surface area contributed by atoms with E-state index in [2.05, 4.69) is 16.0 Å². The Bertz CT molecular complexity index is 860. The Labute approximate surface area is 165 Å². The van der Waals surface area contributed by atoms with Gasteiger partial charge in [0, 0.05) is 12.2 Å². The molecule has 0 radical (unpaired) electrons. The highest BCUT2D eigenvalue weighted by Crippen LogP contribution is 2.20. The number of halogens is 3. The largest absolute Gasteiger partial charge is 0.463 e. The normalized spacial score (nSPS) is 16.4. The zero-order valence-electron chi connectivity index (χ0n) is 16.1. The maximum atomic E-state index is 13.7. The Morgan fingerprint density at radius 1 is 1.24 bits per heavy atom. The summed E-state index contributed by atoms with van der Waals surface area (Å²) in [7, 11) is 1.52. The topological polar surface area (TPSA) is 99.8 Å². The first-order valence-corrected chi connectivity index (χ1v) is 8.73. The van der Waals surface area contributed by atoms with E-state index in [1.807, 2.05) is 0 Å². The molecule has 2 rings (SSSR count). The van der Waals surface area contributed by atoms with Gasteiger partial charge in [0.15, 0.2) is 17.5 Å². The maximum Gasteiger partial charge on any atom is 0.337 e.